The first kappa shape index (κ1) is 31.3. The normalized spacial score (nSPS) is 21.2. The number of alkyl halides is 1. The van der Waals surface area contributed by atoms with Crippen LogP contribution in [0.4, 0.5) is 24.1 Å². The largest absolute Gasteiger partial charge is 0.467 e. The number of carbonyl (C=O) groups is 1. The van der Waals surface area contributed by atoms with E-state index < -0.39 is 17.8 Å². The number of likely N-dealkylation sites (tertiary alicyclic amines) is 1. The monoisotopic (exact) mass is 659 g/mol. The summed E-state index contributed by atoms with van der Waals surface area (Å²) in [5, 5.41) is 0.606. The van der Waals surface area contributed by atoms with E-state index in [2.05, 4.69) is 26.4 Å². The lowest BCUT2D eigenvalue weighted by molar-refractivity contribution is -0.125. The van der Waals surface area contributed by atoms with E-state index in [9.17, 15) is 13.6 Å². The molecule has 3 aliphatic heterocycles. The van der Waals surface area contributed by atoms with E-state index in [0.29, 0.717) is 48.9 Å². The van der Waals surface area contributed by atoms with Crippen molar-refractivity contribution in [1.82, 2.24) is 24.8 Å². The van der Waals surface area contributed by atoms with E-state index in [1.807, 2.05) is 11.9 Å². The maximum absolute atomic E-state index is 16.1. The van der Waals surface area contributed by atoms with Gasteiger partial charge in [0.25, 0.3) is 0 Å². The van der Waals surface area contributed by atoms with Gasteiger partial charge in [-0.25, -0.2) is 18.2 Å². The summed E-state index contributed by atoms with van der Waals surface area (Å²) in [6.07, 6.45) is 4.79. The molecule has 0 aliphatic carbocycles. The van der Waals surface area contributed by atoms with Crippen molar-refractivity contribution in [3.8, 4) is 17.1 Å². The fraction of sp³-hybridized carbons (Fsp3) is 0.419. The zero-order valence-electron chi connectivity index (χ0n) is 24.9. The number of nitrogens with two attached hydrogens (primary N) is 1. The fourth-order valence-corrected chi connectivity index (χ4v) is 7.61. The van der Waals surface area contributed by atoms with Crippen molar-refractivity contribution in [1.29, 1.82) is 0 Å². The summed E-state index contributed by atoms with van der Waals surface area (Å²) in [5.74, 6) is -0.969. The quantitative estimate of drug-likeness (QED) is 0.267. The summed E-state index contributed by atoms with van der Waals surface area (Å²) < 4.78 is 48.6. The maximum atomic E-state index is 16.1. The number of carbonyl (C=O) groups excluding carboxylic acids is 1. The van der Waals surface area contributed by atoms with Gasteiger partial charge in [-0.15, -0.1) is 0 Å². The van der Waals surface area contributed by atoms with Crippen LogP contribution in [0.25, 0.3) is 32.2 Å². The van der Waals surface area contributed by atoms with Crippen LogP contribution in [0, 0.1) is 11.6 Å². The van der Waals surface area contributed by atoms with Crippen LogP contribution < -0.4 is 15.4 Å². The predicted molar refractivity (Wildman–Crippen MR) is 172 cm³/mol. The number of halogens is 4. The Hall–Kier alpha value is -3.68. The zero-order valence-corrected chi connectivity index (χ0v) is 26.5. The average Bonchev–Trinajstić information content (AvgIpc) is 3.82. The molecule has 3 fully saturated rings. The number of rotatable bonds is 5. The number of amides is 1. The minimum atomic E-state index is -0.720. The van der Waals surface area contributed by atoms with Gasteiger partial charge in [0.2, 0.25) is 5.91 Å². The minimum absolute atomic E-state index is 0.0132. The van der Waals surface area contributed by atoms with E-state index >= 15 is 4.39 Å². The number of nitrogen functional groups attached to an aromatic ring is 1. The Morgan fingerprint density at radius 1 is 1.20 bits per heavy atom. The van der Waals surface area contributed by atoms with Crippen molar-refractivity contribution in [3.05, 3.63) is 47.5 Å². The maximum Gasteiger partial charge on any atom is 0.318 e. The highest BCUT2D eigenvalue weighted by atomic mass is 35.5. The molecule has 0 bridgehead atoms. The Kier molecular flexibility index (Phi) is 8.77. The third-order valence-electron chi connectivity index (χ3n) is 8.80. The van der Waals surface area contributed by atoms with Crippen LogP contribution in [0.1, 0.15) is 25.7 Å². The van der Waals surface area contributed by atoms with Gasteiger partial charge in [-0.1, -0.05) is 29.5 Å². The van der Waals surface area contributed by atoms with Gasteiger partial charge < -0.3 is 20.3 Å². The molecule has 45 heavy (non-hydrogen) atoms. The van der Waals surface area contributed by atoms with Crippen LogP contribution in [0.5, 0.6) is 6.01 Å². The average molecular weight is 660 g/mol. The molecular formula is C31H33ClF3N7O2S. The molecule has 0 spiro atoms. The molecule has 2 N–H and O–H groups in total. The van der Waals surface area contributed by atoms with Crippen molar-refractivity contribution in [3.63, 3.8) is 0 Å². The Bertz CT molecular complexity index is 1780. The molecule has 5 heterocycles. The SMILES string of the molecule is C=CC(=O)N1CCC(N(C)c2nc(OC)nc3c(F)c(-c4ccc(F)c5sc(N)nc45)c(Cl)cc23)C1.FC1CC2CCCN2C1. The Morgan fingerprint density at radius 2 is 2.00 bits per heavy atom. The van der Waals surface area contributed by atoms with E-state index in [4.69, 9.17) is 22.1 Å². The number of ether oxygens (including phenoxy) is 1. The lowest BCUT2D eigenvalue weighted by atomic mass is 10.0. The molecule has 4 aromatic rings. The van der Waals surface area contributed by atoms with Crippen molar-refractivity contribution in [2.24, 2.45) is 0 Å². The lowest BCUT2D eigenvalue weighted by Gasteiger charge is -2.27. The Balaban J connectivity index is 0.000000337. The van der Waals surface area contributed by atoms with Crippen LogP contribution in [-0.2, 0) is 4.79 Å². The second-order valence-electron chi connectivity index (χ2n) is 11.5. The van der Waals surface area contributed by atoms with E-state index in [0.717, 1.165) is 24.3 Å². The van der Waals surface area contributed by atoms with Gasteiger partial charge >= 0.3 is 6.01 Å². The summed E-state index contributed by atoms with van der Waals surface area (Å²) in [4.78, 5) is 30.8. The zero-order chi connectivity index (χ0) is 32.0. The van der Waals surface area contributed by atoms with Crippen molar-refractivity contribution >= 4 is 60.9 Å². The van der Waals surface area contributed by atoms with Crippen LogP contribution in [0.15, 0.2) is 30.9 Å². The summed E-state index contributed by atoms with van der Waals surface area (Å²) in [6.45, 7) is 6.43. The first-order chi connectivity index (χ1) is 21.6. The second kappa shape index (κ2) is 12.6. The minimum Gasteiger partial charge on any atom is -0.467 e. The number of thiazole rings is 1. The van der Waals surface area contributed by atoms with Gasteiger partial charge in [0.15, 0.2) is 10.9 Å². The third kappa shape index (κ3) is 5.88. The number of aromatic nitrogens is 3. The molecule has 7 rings (SSSR count). The molecular weight excluding hydrogens is 627 g/mol. The van der Waals surface area contributed by atoms with Gasteiger partial charge in [-0.05, 0) is 56.5 Å². The number of hydrogen-bond donors (Lipinski definition) is 1. The summed E-state index contributed by atoms with van der Waals surface area (Å²) in [5.41, 5.74) is 6.33. The Morgan fingerprint density at radius 3 is 2.73 bits per heavy atom. The van der Waals surface area contributed by atoms with Gasteiger partial charge in [-0.3, -0.25) is 9.69 Å². The molecule has 2 aromatic heterocycles. The number of hydrogen-bond acceptors (Lipinski definition) is 9. The first-order valence-electron chi connectivity index (χ1n) is 14.7. The highest BCUT2D eigenvalue weighted by molar-refractivity contribution is 7.22. The van der Waals surface area contributed by atoms with Crippen molar-refractivity contribution < 1.29 is 22.7 Å². The predicted octanol–water partition coefficient (Wildman–Crippen LogP) is 5.84. The number of anilines is 2. The number of nitrogens with zero attached hydrogens (tertiary/aromatic N) is 6. The molecule has 9 nitrogen and oxygen atoms in total. The highest BCUT2D eigenvalue weighted by Crippen LogP contribution is 2.43. The topological polar surface area (TPSA) is 101 Å². The van der Waals surface area contributed by atoms with Crippen LogP contribution in [0.2, 0.25) is 5.02 Å². The summed E-state index contributed by atoms with van der Waals surface area (Å²) in [7, 11) is 3.20. The fourth-order valence-electron chi connectivity index (χ4n) is 6.55. The van der Waals surface area contributed by atoms with E-state index in [1.54, 1.807) is 11.0 Å². The Labute approximate surface area is 267 Å². The van der Waals surface area contributed by atoms with Crippen molar-refractivity contribution in [2.75, 3.05) is 51.0 Å². The number of fused-ring (bicyclic) bond motifs is 3. The summed E-state index contributed by atoms with van der Waals surface area (Å²) >= 11 is 7.60. The highest BCUT2D eigenvalue weighted by Gasteiger charge is 2.35. The lowest BCUT2D eigenvalue weighted by Crippen LogP contribution is -2.36. The van der Waals surface area contributed by atoms with Crippen molar-refractivity contribution in [2.45, 2.75) is 43.9 Å². The molecule has 1 amide bonds. The standard InChI is InChI=1S/C24H21ClF2N6O2S.C7H12FN/c1-4-16(34)33-8-7-11(10-33)32(2)22-13-9-14(25)17(18(27)19(13)30-24(31-22)35-3)12-5-6-15(26)21-20(12)29-23(28)36-21;8-6-4-7-2-1-3-9(7)5-6/h4-6,9,11H,1,7-8,10H2,2-3H3,(H2,28,29);6-7H,1-5H2. The van der Waals surface area contributed by atoms with Crippen LogP contribution in [-0.4, -0.2) is 89.3 Å². The van der Waals surface area contributed by atoms with Crippen LogP contribution >= 0.6 is 22.9 Å². The number of likely N-dealkylation sites (N-methyl/N-ethyl adjacent to an activating group) is 1. The molecule has 0 radical (unpaired) electrons. The number of methoxy groups -OCH3 is 1. The van der Waals surface area contributed by atoms with Gasteiger partial charge in [0.05, 0.1) is 22.3 Å². The van der Waals surface area contributed by atoms with E-state index in [-0.39, 0.29) is 49.4 Å². The molecule has 3 unspecified atom stereocenters. The first-order valence-corrected chi connectivity index (χ1v) is 15.9. The molecule has 3 atom stereocenters. The van der Waals surface area contributed by atoms with Crippen LogP contribution in [0.3, 0.4) is 0 Å². The van der Waals surface area contributed by atoms with Gasteiger partial charge in [-0.2, -0.15) is 9.97 Å². The molecule has 238 valence electrons. The second-order valence-corrected chi connectivity index (χ2v) is 12.9. The molecule has 3 aliphatic rings. The number of benzene rings is 2. The summed E-state index contributed by atoms with van der Waals surface area (Å²) in [6, 6.07) is 4.73. The molecule has 3 saturated heterocycles. The molecule has 14 heteroatoms. The van der Waals surface area contributed by atoms with E-state index in [1.165, 1.54) is 38.2 Å². The van der Waals surface area contributed by atoms with Gasteiger partial charge in [0.1, 0.15) is 23.3 Å². The molecule has 0 saturated carbocycles. The smallest absolute Gasteiger partial charge is 0.318 e. The van der Waals surface area contributed by atoms with Gasteiger partial charge in [0, 0.05) is 55.3 Å². The third-order valence-corrected chi connectivity index (χ3v) is 9.99. The molecule has 2 aromatic carbocycles.